The Morgan fingerprint density at radius 3 is 2.29 bits per heavy atom. The summed E-state index contributed by atoms with van der Waals surface area (Å²) in [5.74, 6) is -4.30. The fourth-order valence-electron chi connectivity index (χ4n) is 2.87. The number of amides is 4. The van der Waals surface area contributed by atoms with E-state index >= 15 is 0 Å². The lowest BCUT2D eigenvalue weighted by atomic mass is 10.1. The molecule has 0 fully saturated rings. The number of rotatable bonds is 16. The fourth-order valence-corrected chi connectivity index (χ4v) is 2.87. The Morgan fingerprint density at radius 1 is 1.03 bits per heavy atom. The van der Waals surface area contributed by atoms with E-state index in [4.69, 9.17) is 28.0 Å². The van der Waals surface area contributed by atoms with Crippen molar-refractivity contribution in [2.75, 3.05) is 13.1 Å². The number of carboxylic acids is 1. The molecule has 13 N–H and O–H groups in total. The van der Waals surface area contributed by atoms with Crippen molar-refractivity contribution in [1.82, 2.24) is 25.9 Å². The molecule has 1 aromatic rings. The molecule has 0 spiro atoms. The summed E-state index contributed by atoms with van der Waals surface area (Å²) in [5, 5.41) is 15.9. The van der Waals surface area contributed by atoms with Gasteiger partial charge in [-0.25, -0.2) is 4.98 Å². The maximum Gasteiger partial charge on any atom is 0.322 e. The first-order valence-electron chi connectivity index (χ1n) is 10.7. The number of aromatic nitrogens is 2. The van der Waals surface area contributed by atoms with E-state index in [1.165, 1.54) is 12.5 Å². The number of aromatic amines is 1. The van der Waals surface area contributed by atoms with Gasteiger partial charge in [-0.15, -0.1) is 0 Å². The summed E-state index contributed by atoms with van der Waals surface area (Å²) in [7, 11) is 0. The highest BCUT2D eigenvalue weighted by molar-refractivity contribution is 5.94. The maximum atomic E-state index is 12.9. The lowest BCUT2D eigenvalue weighted by molar-refractivity contribution is -0.138. The first kappa shape index (κ1) is 28.8. The number of carbonyl (C=O) groups is 5. The Kier molecular flexibility index (Phi) is 12.2. The van der Waals surface area contributed by atoms with Gasteiger partial charge in [-0.05, 0) is 19.3 Å². The van der Waals surface area contributed by atoms with E-state index in [0.717, 1.165) is 0 Å². The predicted molar refractivity (Wildman–Crippen MR) is 123 cm³/mol. The molecular weight excluding hydrogens is 464 g/mol. The molecule has 0 aliphatic rings. The third-order valence-corrected chi connectivity index (χ3v) is 4.64. The number of carboxylic acid groups (broad SMARTS) is 1. The van der Waals surface area contributed by atoms with Crippen molar-refractivity contribution >= 4 is 35.6 Å². The average molecular weight is 497 g/mol. The first-order valence-corrected chi connectivity index (χ1v) is 10.7. The van der Waals surface area contributed by atoms with Crippen LogP contribution in [0.15, 0.2) is 17.5 Å². The van der Waals surface area contributed by atoms with Crippen LogP contribution in [0.25, 0.3) is 0 Å². The average Bonchev–Trinajstić information content (AvgIpc) is 3.29. The van der Waals surface area contributed by atoms with Crippen LogP contribution >= 0.6 is 0 Å². The van der Waals surface area contributed by atoms with Crippen molar-refractivity contribution in [2.24, 2.45) is 27.9 Å². The molecule has 0 saturated heterocycles. The van der Waals surface area contributed by atoms with E-state index in [1.807, 2.05) is 0 Å². The molecule has 3 atom stereocenters. The second-order valence-corrected chi connectivity index (χ2v) is 7.58. The summed E-state index contributed by atoms with van der Waals surface area (Å²) >= 11 is 0. The van der Waals surface area contributed by atoms with Gasteiger partial charge in [0.05, 0.1) is 12.4 Å². The highest BCUT2D eigenvalue weighted by Crippen LogP contribution is 2.04. The number of hydrogen-bond acceptors (Lipinski definition) is 8. The number of nitrogens with one attached hydrogen (secondary N) is 4. The zero-order valence-corrected chi connectivity index (χ0v) is 19.0. The van der Waals surface area contributed by atoms with Gasteiger partial charge in [0.15, 0.2) is 5.96 Å². The normalized spacial score (nSPS) is 13.1. The number of nitrogens with zero attached hydrogens (tertiary/aromatic N) is 2. The monoisotopic (exact) mass is 496 g/mol. The Balaban J connectivity index is 2.89. The fraction of sp³-hybridized carbons (Fsp3) is 0.526. The minimum Gasteiger partial charge on any atom is -0.480 e. The Hall–Kier alpha value is -4.21. The Bertz CT molecular complexity index is 900. The number of hydrogen-bond donors (Lipinski definition) is 9. The van der Waals surface area contributed by atoms with Gasteiger partial charge in [-0.1, -0.05) is 0 Å². The highest BCUT2D eigenvalue weighted by atomic mass is 16.4. The van der Waals surface area contributed by atoms with Crippen LogP contribution in [-0.4, -0.2) is 81.8 Å². The van der Waals surface area contributed by atoms with Crippen LogP contribution in [0.2, 0.25) is 0 Å². The van der Waals surface area contributed by atoms with E-state index in [1.54, 1.807) is 0 Å². The van der Waals surface area contributed by atoms with Gasteiger partial charge in [0.25, 0.3) is 0 Å². The van der Waals surface area contributed by atoms with Gasteiger partial charge in [0.1, 0.15) is 18.6 Å². The van der Waals surface area contributed by atoms with Gasteiger partial charge in [-0.2, -0.15) is 0 Å². The molecule has 0 radical (unpaired) electrons. The van der Waals surface area contributed by atoms with Crippen LogP contribution < -0.4 is 38.9 Å². The third-order valence-electron chi connectivity index (χ3n) is 4.64. The second-order valence-electron chi connectivity index (χ2n) is 7.58. The summed E-state index contributed by atoms with van der Waals surface area (Å²) in [6.45, 7) is -0.402. The van der Waals surface area contributed by atoms with Crippen molar-refractivity contribution in [1.29, 1.82) is 0 Å². The molecule has 0 bridgehead atoms. The number of primary amides is 1. The zero-order chi connectivity index (χ0) is 26.4. The molecule has 3 unspecified atom stereocenters. The molecule has 0 saturated carbocycles. The molecular formula is C19H32N10O6. The summed E-state index contributed by atoms with van der Waals surface area (Å²) in [5.41, 5.74) is 22.0. The summed E-state index contributed by atoms with van der Waals surface area (Å²) in [6, 6.07) is -3.44. The summed E-state index contributed by atoms with van der Waals surface area (Å²) in [6.07, 6.45) is 2.99. The van der Waals surface area contributed by atoms with Gasteiger partial charge in [0, 0.05) is 31.3 Å². The Morgan fingerprint density at radius 2 is 1.71 bits per heavy atom. The minimum atomic E-state index is -1.27. The van der Waals surface area contributed by atoms with Crippen LogP contribution in [0.5, 0.6) is 0 Å². The molecule has 194 valence electrons. The molecule has 0 aliphatic heterocycles. The van der Waals surface area contributed by atoms with Crippen LogP contribution in [0, 0.1) is 0 Å². The summed E-state index contributed by atoms with van der Waals surface area (Å²) < 4.78 is 0. The van der Waals surface area contributed by atoms with Gasteiger partial charge < -0.3 is 49.0 Å². The maximum absolute atomic E-state index is 12.9. The standard InChI is InChI=1S/C19H32N10O6/c20-11(2-1-5-25-19(22)23)16(33)28-12(3-4-14(21)30)18(35)29-13(6-10-7-24-9-27-10)17(34)26-8-15(31)32/h7,9,11-13H,1-6,8,20H2,(H2,21,30)(H,24,27)(H,26,34)(H,28,33)(H,29,35)(H,31,32)(H4,22,23,25). The van der Waals surface area contributed by atoms with E-state index in [-0.39, 0.29) is 38.2 Å². The molecule has 4 amide bonds. The number of nitrogens with two attached hydrogens (primary N) is 4. The smallest absolute Gasteiger partial charge is 0.322 e. The lowest BCUT2D eigenvalue weighted by Gasteiger charge is -2.23. The number of imidazole rings is 1. The zero-order valence-electron chi connectivity index (χ0n) is 19.0. The minimum absolute atomic E-state index is 0.0437. The highest BCUT2D eigenvalue weighted by Gasteiger charge is 2.29. The van der Waals surface area contributed by atoms with Crippen LogP contribution in [-0.2, 0) is 30.4 Å². The lowest BCUT2D eigenvalue weighted by Crippen LogP contribution is -2.56. The van der Waals surface area contributed by atoms with E-state index in [0.29, 0.717) is 12.1 Å². The van der Waals surface area contributed by atoms with Crippen LogP contribution in [0.1, 0.15) is 31.4 Å². The number of H-pyrrole nitrogens is 1. The third kappa shape index (κ3) is 12.0. The van der Waals surface area contributed by atoms with Gasteiger partial charge >= 0.3 is 5.97 Å². The molecule has 0 aliphatic carbocycles. The molecule has 1 aromatic heterocycles. The van der Waals surface area contributed by atoms with Crippen molar-refractivity contribution in [3.63, 3.8) is 0 Å². The van der Waals surface area contributed by atoms with E-state index in [9.17, 15) is 24.0 Å². The molecule has 1 heterocycles. The number of aliphatic carboxylic acids is 1. The first-order chi connectivity index (χ1) is 16.5. The summed E-state index contributed by atoms with van der Waals surface area (Å²) in [4.78, 5) is 70.4. The number of carbonyl (C=O) groups excluding carboxylic acids is 4. The van der Waals surface area contributed by atoms with Crippen molar-refractivity contribution in [3.05, 3.63) is 18.2 Å². The van der Waals surface area contributed by atoms with Crippen LogP contribution in [0.4, 0.5) is 0 Å². The Labute approximate surface area is 200 Å². The van der Waals surface area contributed by atoms with Gasteiger partial charge in [-0.3, -0.25) is 29.0 Å². The molecule has 0 aromatic carbocycles. The van der Waals surface area contributed by atoms with Gasteiger partial charge in [0.2, 0.25) is 23.6 Å². The molecule has 35 heavy (non-hydrogen) atoms. The topological polar surface area (TPSA) is 287 Å². The largest absolute Gasteiger partial charge is 0.480 e. The molecule has 16 heteroatoms. The van der Waals surface area contributed by atoms with Crippen molar-refractivity contribution in [3.8, 4) is 0 Å². The van der Waals surface area contributed by atoms with Crippen molar-refractivity contribution in [2.45, 2.75) is 50.2 Å². The van der Waals surface area contributed by atoms with Crippen molar-refractivity contribution < 1.29 is 29.1 Å². The van der Waals surface area contributed by atoms with E-state index in [2.05, 4.69) is 30.9 Å². The molecule has 1 rings (SSSR count). The SMILES string of the molecule is NC(=O)CCC(NC(=O)C(N)CCCN=C(N)N)C(=O)NC(Cc1cnc[nH]1)C(=O)NCC(=O)O. The van der Waals surface area contributed by atoms with Crippen LogP contribution in [0.3, 0.4) is 0 Å². The predicted octanol–water partition coefficient (Wildman–Crippen LogP) is -4.23. The molecule has 16 nitrogen and oxygen atoms in total. The number of guanidine groups is 1. The second kappa shape index (κ2) is 14.8. The number of aliphatic imine (C=N–C) groups is 1. The quantitative estimate of drug-likeness (QED) is 0.0603. The van der Waals surface area contributed by atoms with E-state index < -0.39 is 54.3 Å².